The number of nitrogens with zero attached hydrogens (tertiary/aromatic N) is 1. The van der Waals surface area contributed by atoms with Gasteiger partial charge in [0, 0.05) is 12.5 Å². The number of hydrogen-bond donors (Lipinski definition) is 1. The standard InChI is InChI=1S/C11H11NO6/c1-5-4-8(11(14)15)10(18-7(3)13)9(6(5)2)12(16)17/h4H,1-3H3,(H,14,15). The average molecular weight is 253 g/mol. The second kappa shape index (κ2) is 4.82. The van der Waals surface area contributed by atoms with Crippen LogP contribution in [0.3, 0.4) is 0 Å². The maximum absolute atomic E-state index is 11.0. The summed E-state index contributed by atoms with van der Waals surface area (Å²) in [6.45, 7) is 4.06. The summed E-state index contributed by atoms with van der Waals surface area (Å²) in [4.78, 5) is 32.2. The molecule has 0 saturated heterocycles. The summed E-state index contributed by atoms with van der Waals surface area (Å²) >= 11 is 0. The lowest BCUT2D eigenvalue weighted by molar-refractivity contribution is -0.386. The Morgan fingerprint density at radius 1 is 1.39 bits per heavy atom. The van der Waals surface area contributed by atoms with Crippen LogP contribution < -0.4 is 4.74 Å². The first-order chi connectivity index (χ1) is 8.25. The molecule has 0 spiro atoms. The van der Waals surface area contributed by atoms with Crippen molar-refractivity contribution in [2.75, 3.05) is 0 Å². The van der Waals surface area contributed by atoms with Crippen LogP contribution in [0.1, 0.15) is 28.4 Å². The Bertz CT molecular complexity index is 549. The van der Waals surface area contributed by atoms with E-state index in [9.17, 15) is 19.7 Å². The van der Waals surface area contributed by atoms with Gasteiger partial charge >= 0.3 is 17.6 Å². The van der Waals surface area contributed by atoms with Crippen molar-refractivity contribution in [3.8, 4) is 5.75 Å². The fourth-order valence-corrected chi connectivity index (χ4v) is 1.50. The third-order valence-electron chi connectivity index (χ3n) is 2.43. The molecule has 0 aromatic heterocycles. The van der Waals surface area contributed by atoms with E-state index in [1.807, 2.05) is 0 Å². The van der Waals surface area contributed by atoms with Crippen molar-refractivity contribution in [1.82, 2.24) is 0 Å². The van der Waals surface area contributed by atoms with E-state index in [2.05, 4.69) is 4.74 Å². The van der Waals surface area contributed by atoms with Gasteiger partial charge in [-0.3, -0.25) is 14.9 Å². The SMILES string of the molecule is CC(=O)Oc1c(C(=O)O)cc(C)c(C)c1[N+](=O)[O-]. The molecule has 0 atom stereocenters. The first-order valence-electron chi connectivity index (χ1n) is 4.96. The first-order valence-corrected chi connectivity index (χ1v) is 4.96. The third-order valence-corrected chi connectivity index (χ3v) is 2.43. The molecule has 1 rings (SSSR count). The monoisotopic (exact) mass is 253 g/mol. The van der Waals surface area contributed by atoms with Crippen LogP contribution in [-0.2, 0) is 4.79 Å². The molecule has 0 bridgehead atoms. The first kappa shape index (κ1) is 13.6. The molecule has 0 amide bonds. The molecule has 0 aliphatic rings. The van der Waals surface area contributed by atoms with Crippen molar-refractivity contribution < 1.29 is 24.4 Å². The number of esters is 1. The molecule has 1 N–H and O–H groups in total. The maximum atomic E-state index is 11.0. The number of aromatic carboxylic acids is 1. The van der Waals surface area contributed by atoms with Crippen LogP contribution in [0.4, 0.5) is 5.69 Å². The van der Waals surface area contributed by atoms with Crippen molar-refractivity contribution in [3.05, 3.63) is 32.9 Å². The van der Waals surface area contributed by atoms with Gasteiger partial charge in [0.25, 0.3) is 0 Å². The number of carbonyl (C=O) groups excluding carboxylic acids is 1. The van der Waals surface area contributed by atoms with E-state index in [-0.39, 0.29) is 5.56 Å². The van der Waals surface area contributed by atoms with Crippen LogP contribution in [0, 0.1) is 24.0 Å². The molecule has 0 aliphatic heterocycles. The Balaban J connectivity index is 3.68. The predicted octanol–water partition coefficient (Wildman–Crippen LogP) is 1.84. The largest absolute Gasteiger partial charge is 0.478 e. The Hall–Kier alpha value is -2.44. The summed E-state index contributed by atoms with van der Waals surface area (Å²) in [6.07, 6.45) is 0. The highest BCUT2D eigenvalue weighted by atomic mass is 16.6. The molecule has 7 heteroatoms. The lowest BCUT2D eigenvalue weighted by Crippen LogP contribution is -2.11. The summed E-state index contributed by atoms with van der Waals surface area (Å²) in [6, 6.07) is 1.24. The van der Waals surface area contributed by atoms with Gasteiger partial charge in [-0.25, -0.2) is 4.79 Å². The molecule has 0 fully saturated rings. The second-order valence-corrected chi connectivity index (χ2v) is 3.70. The number of rotatable bonds is 3. The summed E-state index contributed by atoms with van der Waals surface area (Å²) in [5.74, 6) is -2.73. The predicted molar refractivity (Wildman–Crippen MR) is 60.8 cm³/mol. The fraction of sp³-hybridized carbons (Fsp3) is 0.273. The molecular weight excluding hydrogens is 242 g/mol. The van der Waals surface area contributed by atoms with Gasteiger partial charge in [-0.2, -0.15) is 0 Å². The maximum Gasteiger partial charge on any atom is 0.339 e. The summed E-state index contributed by atoms with van der Waals surface area (Å²) in [5, 5.41) is 20.0. The van der Waals surface area contributed by atoms with Gasteiger partial charge in [0.2, 0.25) is 5.75 Å². The van der Waals surface area contributed by atoms with Crippen molar-refractivity contribution >= 4 is 17.6 Å². The number of nitro groups is 1. The second-order valence-electron chi connectivity index (χ2n) is 3.70. The molecule has 96 valence electrons. The molecule has 7 nitrogen and oxygen atoms in total. The van der Waals surface area contributed by atoms with Gasteiger partial charge in [0.05, 0.1) is 4.92 Å². The minimum Gasteiger partial charge on any atom is -0.478 e. The Kier molecular flexibility index (Phi) is 3.65. The highest BCUT2D eigenvalue weighted by molar-refractivity contribution is 5.94. The summed E-state index contributed by atoms with van der Waals surface area (Å²) in [5.41, 5.74) is -0.196. The van der Waals surface area contributed by atoms with Crippen LogP contribution in [0.15, 0.2) is 6.07 Å². The van der Waals surface area contributed by atoms with E-state index >= 15 is 0 Å². The van der Waals surface area contributed by atoms with E-state index in [0.717, 1.165) is 6.92 Å². The quantitative estimate of drug-likeness (QED) is 0.381. The number of benzene rings is 1. The van der Waals surface area contributed by atoms with Gasteiger partial charge in [-0.1, -0.05) is 0 Å². The number of hydrogen-bond acceptors (Lipinski definition) is 5. The molecule has 0 saturated carbocycles. The fourth-order valence-electron chi connectivity index (χ4n) is 1.50. The van der Waals surface area contributed by atoms with Gasteiger partial charge in [0.1, 0.15) is 5.56 Å². The zero-order valence-electron chi connectivity index (χ0n) is 10.0. The minimum absolute atomic E-state index is 0.265. The zero-order valence-corrected chi connectivity index (χ0v) is 10.0. The number of nitro benzene ring substituents is 1. The lowest BCUT2D eigenvalue weighted by Gasteiger charge is -2.10. The van der Waals surface area contributed by atoms with Gasteiger partial charge in [-0.05, 0) is 25.5 Å². The van der Waals surface area contributed by atoms with Crippen molar-refractivity contribution in [2.24, 2.45) is 0 Å². The van der Waals surface area contributed by atoms with Crippen LogP contribution in [0.5, 0.6) is 5.75 Å². The van der Waals surface area contributed by atoms with Crippen molar-refractivity contribution in [1.29, 1.82) is 0 Å². The Morgan fingerprint density at radius 2 is 1.94 bits per heavy atom. The normalized spacial score (nSPS) is 9.94. The summed E-state index contributed by atoms with van der Waals surface area (Å²) < 4.78 is 4.67. The number of carboxylic acids is 1. The number of carboxylic acid groups (broad SMARTS) is 1. The van der Waals surface area contributed by atoms with Crippen LogP contribution >= 0.6 is 0 Å². The van der Waals surface area contributed by atoms with Crippen LogP contribution in [0.2, 0.25) is 0 Å². The molecule has 1 aromatic rings. The van der Waals surface area contributed by atoms with E-state index in [4.69, 9.17) is 5.11 Å². The highest BCUT2D eigenvalue weighted by Gasteiger charge is 2.28. The zero-order chi connectivity index (χ0) is 14.0. The van der Waals surface area contributed by atoms with E-state index in [0.29, 0.717) is 5.56 Å². The van der Waals surface area contributed by atoms with E-state index in [1.165, 1.54) is 13.0 Å². The molecule has 0 unspecified atom stereocenters. The van der Waals surface area contributed by atoms with Crippen molar-refractivity contribution in [2.45, 2.75) is 20.8 Å². The molecule has 0 aliphatic carbocycles. The van der Waals surface area contributed by atoms with Gasteiger partial charge in [0.15, 0.2) is 0 Å². The van der Waals surface area contributed by atoms with Gasteiger partial charge < -0.3 is 9.84 Å². The van der Waals surface area contributed by atoms with Crippen molar-refractivity contribution in [3.63, 3.8) is 0 Å². The smallest absolute Gasteiger partial charge is 0.339 e. The lowest BCUT2D eigenvalue weighted by atomic mass is 10.0. The molecule has 0 heterocycles. The minimum atomic E-state index is -1.39. The third kappa shape index (κ3) is 2.45. The van der Waals surface area contributed by atoms with E-state index in [1.54, 1.807) is 6.92 Å². The molecular formula is C11H11NO6. The highest BCUT2D eigenvalue weighted by Crippen LogP contribution is 2.36. The Labute approximate surface area is 102 Å². The van der Waals surface area contributed by atoms with E-state index < -0.39 is 33.9 Å². The van der Waals surface area contributed by atoms with Crippen LogP contribution in [-0.4, -0.2) is 22.0 Å². The topological polar surface area (TPSA) is 107 Å². The number of aryl methyl sites for hydroxylation is 1. The van der Waals surface area contributed by atoms with Gasteiger partial charge in [-0.15, -0.1) is 0 Å². The molecule has 0 radical (unpaired) electrons. The average Bonchev–Trinajstić information content (AvgIpc) is 2.21. The Morgan fingerprint density at radius 3 is 2.33 bits per heavy atom. The molecule has 1 aromatic carbocycles. The number of ether oxygens (including phenoxy) is 1. The van der Waals surface area contributed by atoms with Crippen LogP contribution in [0.25, 0.3) is 0 Å². The summed E-state index contributed by atoms with van der Waals surface area (Å²) in [7, 11) is 0. The number of carbonyl (C=O) groups is 2. The molecule has 18 heavy (non-hydrogen) atoms.